The lowest BCUT2D eigenvalue weighted by atomic mass is 10.1. The Bertz CT molecular complexity index is 1340. The second-order valence-electron chi connectivity index (χ2n) is 6.75. The Morgan fingerprint density at radius 3 is 1.79 bits per heavy atom. The van der Waals surface area contributed by atoms with E-state index in [1.165, 1.54) is 14.7 Å². The first-order chi connectivity index (χ1) is 14.2. The molecule has 0 amide bonds. The predicted octanol–water partition coefficient (Wildman–Crippen LogP) is 8.91. The van der Waals surface area contributed by atoms with Gasteiger partial charge in [0.1, 0.15) is 11.2 Å². The van der Waals surface area contributed by atoms with Crippen LogP contribution in [0.25, 0.3) is 21.9 Å². The van der Waals surface area contributed by atoms with Crippen molar-refractivity contribution in [1.82, 2.24) is 0 Å². The van der Waals surface area contributed by atoms with Crippen LogP contribution >= 0.6 is 35.5 Å². The van der Waals surface area contributed by atoms with Crippen molar-refractivity contribution in [3.63, 3.8) is 0 Å². The highest BCUT2D eigenvalue weighted by Gasteiger charge is 2.28. The minimum atomic E-state index is -1.61. The van der Waals surface area contributed by atoms with Gasteiger partial charge in [0, 0.05) is 25.5 Å². The Morgan fingerprint density at radius 1 is 0.586 bits per heavy atom. The van der Waals surface area contributed by atoms with Crippen molar-refractivity contribution in [1.29, 1.82) is 0 Å². The fourth-order valence-corrected chi connectivity index (χ4v) is 8.23. The molecule has 0 atom stereocenters. The molecule has 0 aliphatic carbocycles. The molecule has 5 aromatic rings. The van der Waals surface area contributed by atoms with E-state index >= 15 is 0 Å². The van der Waals surface area contributed by atoms with E-state index in [1.54, 1.807) is 0 Å². The summed E-state index contributed by atoms with van der Waals surface area (Å²) in [4.78, 5) is 3.68. The van der Waals surface area contributed by atoms with E-state index in [-0.39, 0.29) is 0 Å². The summed E-state index contributed by atoms with van der Waals surface area (Å²) in [5.74, 6) is 0. The first-order valence-electron chi connectivity index (χ1n) is 9.27. The molecule has 0 unspecified atom stereocenters. The van der Waals surface area contributed by atoms with Crippen LogP contribution in [0.15, 0.2) is 122 Å². The SMILES string of the molecule is S=c1c2ccccc2oc2ccc(S(Br)(c3ccccc3)c3ccccc3)cc12. The van der Waals surface area contributed by atoms with Crippen LogP contribution in [0.5, 0.6) is 0 Å². The Morgan fingerprint density at radius 2 is 1.14 bits per heavy atom. The fraction of sp³-hybridized carbons (Fsp3) is 0. The Kier molecular flexibility index (Phi) is 4.78. The molecule has 4 heteroatoms. The third-order valence-electron chi connectivity index (χ3n) is 5.01. The second-order valence-corrected chi connectivity index (χ2v) is 12.6. The molecule has 4 aromatic carbocycles. The van der Waals surface area contributed by atoms with Crippen LogP contribution in [0.1, 0.15) is 0 Å². The Balaban J connectivity index is 1.82. The summed E-state index contributed by atoms with van der Waals surface area (Å²) in [6.07, 6.45) is 0. The predicted molar refractivity (Wildman–Crippen MR) is 129 cm³/mol. The summed E-state index contributed by atoms with van der Waals surface area (Å²) >= 11 is 10.0. The van der Waals surface area contributed by atoms with Gasteiger partial charge in [-0.15, -0.1) is 8.46 Å². The maximum absolute atomic E-state index is 6.13. The second kappa shape index (κ2) is 7.45. The summed E-state index contributed by atoms with van der Waals surface area (Å²) in [5.41, 5.74) is 1.63. The van der Waals surface area contributed by atoms with Gasteiger partial charge in [-0.05, 0) is 69.4 Å². The number of fused-ring (bicyclic) bond motifs is 2. The van der Waals surface area contributed by atoms with Gasteiger partial charge in [0.15, 0.2) is 0 Å². The normalized spacial score (nSPS) is 12.3. The zero-order valence-electron chi connectivity index (χ0n) is 15.4. The van der Waals surface area contributed by atoms with Crippen molar-refractivity contribution in [2.45, 2.75) is 14.7 Å². The molecule has 0 saturated heterocycles. The molecule has 0 aliphatic rings. The molecule has 29 heavy (non-hydrogen) atoms. The van der Waals surface area contributed by atoms with E-state index in [0.29, 0.717) is 0 Å². The third-order valence-corrected chi connectivity index (χ3v) is 11.6. The maximum Gasteiger partial charge on any atom is 0.136 e. The van der Waals surface area contributed by atoms with Gasteiger partial charge in [0.25, 0.3) is 0 Å². The Labute approximate surface area is 183 Å². The molecule has 0 aliphatic heterocycles. The van der Waals surface area contributed by atoms with Gasteiger partial charge in [0.05, 0.1) is 4.51 Å². The van der Waals surface area contributed by atoms with E-state index in [1.807, 2.05) is 42.5 Å². The van der Waals surface area contributed by atoms with Crippen molar-refractivity contribution in [2.24, 2.45) is 0 Å². The lowest BCUT2D eigenvalue weighted by molar-refractivity contribution is 0.660. The third kappa shape index (κ3) is 3.12. The van der Waals surface area contributed by atoms with Crippen LogP contribution in [-0.4, -0.2) is 0 Å². The van der Waals surface area contributed by atoms with Crippen LogP contribution in [0.2, 0.25) is 0 Å². The van der Waals surface area contributed by atoms with Crippen molar-refractivity contribution in [2.75, 3.05) is 0 Å². The number of hydrogen-bond donors (Lipinski definition) is 0. The molecule has 0 fully saturated rings. The average Bonchev–Trinajstić information content (AvgIpc) is 2.80. The molecule has 0 bridgehead atoms. The molecule has 5 rings (SSSR count). The first-order valence-corrected chi connectivity index (χ1v) is 13.1. The minimum Gasteiger partial charge on any atom is -0.456 e. The van der Waals surface area contributed by atoms with Gasteiger partial charge < -0.3 is 4.42 Å². The summed E-state index contributed by atoms with van der Waals surface area (Å²) in [6.45, 7) is 0. The lowest BCUT2D eigenvalue weighted by Crippen LogP contribution is -1.96. The Hall–Kier alpha value is -2.40. The monoisotopic (exact) mass is 476 g/mol. The molecule has 0 N–H and O–H groups in total. The van der Waals surface area contributed by atoms with Crippen molar-refractivity contribution in [3.8, 4) is 0 Å². The number of rotatable bonds is 3. The number of halogens is 1. The summed E-state index contributed by atoms with van der Waals surface area (Å²) in [6, 6.07) is 35.5. The highest BCUT2D eigenvalue weighted by molar-refractivity contribution is 9.58. The van der Waals surface area contributed by atoms with E-state index in [2.05, 4.69) is 75.5 Å². The van der Waals surface area contributed by atoms with Crippen molar-refractivity contribution >= 4 is 57.4 Å². The standard InChI is InChI=1S/C25H17BrOS2/c26-29(18-9-3-1-4-10-18,19-11-5-2-6-12-19)20-15-16-24-22(17-20)25(28)21-13-7-8-14-23(21)27-24/h1-17H. The fourth-order valence-electron chi connectivity index (χ4n) is 3.58. The van der Waals surface area contributed by atoms with Crippen LogP contribution in [0, 0.1) is 4.51 Å². The zero-order valence-corrected chi connectivity index (χ0v) is 18.6. The quantitative estimate of drug-likeness (QED) is 0.190. The van der Waals surface area contributed by atoms with Crippen LogP contribution < -0.4 is 0 Å². The lowest BCUT2D eigenvalue weighted by Gasteiger charge is -2.35. The molecular formula is C25H17BrOS2. The van der Waals surface area contributed by atoms with Crippen LogP contribution in [0.4, 0.5) is 0 Å². The topological polar surface area (TPSA) is 13.1 Å². The van der Waals surface area contributed by atoms with E-state index in [0.717, 1.165) is 26.4 Å². The maximum atomic E-state index is 6.13. The summed E-state index contributed by atoms with van der Waals surface area (Å²) in [5, 5.41) is 1.95. The first kappa shape index (κ1) is 18.6. The smallest absolute Gasteiger partial charge is 0.136 e. The van der Waals surface area contributed by atoms with Gasteiger partial charge in [-0.2, -0.15) is 0 Å². The molecule has 1 heterocycles. The van der Waals surface area contributed by atoms with Crippen LogP contribution in [0.3, 0.4) is 0 Å². The van der Waals surface area contributed by atoms with Gasteiger partial charge in [-0.25, -0.2) is 0 Å². The number of benzene rings is 4. The van der Waals surface area contributed by atoms with Crippen LogP contribution in [-0.2, 0) is 0 Å². The van der Waals surface area contributed by atoms with Gasteiger partial charge >= 0.3 is 0 Å². The molecule has 142 valence electrons. The molecule has 1 nitrogen and oxygen atoms in total. The van der Waals surface area contributed by atoms with Crippen molar-refractivity contribution < 1.29 is 4.42 Å². The van der Waals surface area contributed by atoms with E-state index < -0.39 is 8.46 Å². The molecule has 0 spiro atoms. The number of hydrogen-bond acceptors (Lipinski definition) is 2. The highest BCUT2D eigenvalue weighted by Crippen LogP contribution is 2.74. The molecular weight excluding hydrogens is 460 g/mol. The zero-order chi connectivity index (χ0) is 19.8. The summed E-state index contributed by atoms with van der Waals surface area (Å²) < 4.78 is 6.97. The van der Waals surface area contributed by atoms with Gasteiger partial charge in [-0.3, -0.25) is 0 Å². The van der Waals surface area contributed by atoms with Gasteiger partial charge in [-0.1, -0.05) is 60.7 Å². The van der Waals surface area contributed by atoms with E-state index in [4.69, 9.17) is 16.6 Å². The molecule has 1 aromatic heterocycles. The average molecular weight is 477 g/mol. The van der Waals surface area contributed by atoms with Crippen molar-refractivity contribution in [3.05, 3.63) is 108 Å². The molecule has 0 saturated carbocycles. The van der Waals surface area contributed by atoms with E-state index in [9.17, 15) is 0 Å². The minimum absolute atomic E-state index is 0.813. The number of para-hydroxylation sites is 1. The largest absolute Gasteiger partial charge is 0.456 e. The summed E-state index contributed by atoms with van der Waals surface area (Å²) in [7, 11) is -1.61. The molecule has 0 radical (unpaired) electrons. The highest BCUT2D eigenvalue weighted by atomic mass is 79.9. The van der Waals surface area contributed by atoms with Gasteiger partial charge in [0.2, 0.25) is 0 Å².